The monoisotopic (exact) mass is 316 g/mol. The van der Waals surface area contributed by atoms with E-state index >= 15 is 0 Å². The van der Waals surface area contributed by atoms with Gasteiger partial charge in [-0.15, -0.1) is 0 Å². The number of nitro groups is 1. The van der Waals surface area contributed by atoms with Crippen LogP contribution < -0.4 is 9.47 Å². The Bertz CT molecular complexity index is 747. The Kier molecular flexibility index (Phi) is 4.05. The predicted octanol–water partition coefficient (Wildman–Crippen LogP) is 2.12. The number of nitro benzene ring substituents is 1. The molecule has 8 heteroatoms. The molecule has 3 rings (SSSR count). The standard InChI is InChI=1S/C15H12N2O6/c18-15(23-9-10-3-1-2-4-16-10)11-7-13-14(22-6-5-21-13)8-12(11)17(19)20/h1-4,7-8H,5-6,9H2. The largest absolute Gasteiger partial charge is 0.486 e. The molecule has 2 aromatic rings. The molecule has 8 nitrogen and oxygen atoms in total. The quantitative estimate of drug-likeness (QED) is 0.483. The third kappa shape index (κ3) is 3.20. The first-order valence-corrected chi connectivity index (χ1v) is 6.80. The third-order valence-electron chi connectivity index (χ3n) is 3.15. The maximum Gasteiger partial charge on any atom is 0.345 e. The Labute approximate surface area is 130 Å². The summed E-state index contributed by atoms with van der Waals surface area (Å²) in [4.78, 5) is 26.7. The van der Waals surface area contributed by atoms with Gasteiger partial charge in [-0.05, 0) is 12.1 Å². The molecular formula is C15H12N2O6. The molecule has 0 unspecified atom stereocenters. The van der Waals surface area contributed by atoms with Gasteiger partial charge in [0.05, 0.1) is 16.7 Å². The second kappa shape index (κ2) is 6.30. The zero-order valence-electron chi connectivity index (χ0n) is 11.9. The van der Waals surface area contributed by atoms with E-state index in [1.807, 2.05) is 0 Å². The molecule has 23 heavy (non-hydrogen) atoms. The maximum atomic E-state index is 12.2. The van der Waals surface area contributed by atoms with E-state index in [0.29, 0.717) is 18.9 Å². The molecule has 1 aliphatic heterocycles. The molecule has 0 amide bonds. The number of fused-ring (bicyclic) bond motifs is 1. The van der Waals surface area contributed by atoms with Crippen molar-refractivity contribution in [1.82, 2.24) is 4.98 Å². The van der Waals surface area contributed by atoms with Crippen LogP contribution in [0.2, 0.25) is 0 Å². The molecule has 2 heterocycles. The Morgan fingerprint density at radius 2 is 2.00 bits per heavy atom. The number of ether oxygens (including phenoxy) is 3. The number of aromatic nitrogens is 1. The van der Waals surface area contributed by atoms with Crippen LogP contribution in [0.4, 0.5) is 5.69 Å². The lowest BCUT2D eigenvalue weighted by molar-refractivity contribution is -0.385. The molecule has 0 bridgehead atoms. The number of hydrogen-bond donors (Lipinski definition) is 0. The summed E-state index contributed by atoms with van der Waals surface area (Å²) >= 11 is 0. The fourth-order valence-corrected chi connectivity index (χ4v) is 2.09. The Hall–Kier alpha value is -3.16. The first kappa shape index (κ1) is 14.8. The molecule has 1 aromatic heterocycles. The summed E-state index contributed by atoms with van der Waals surface area (Å²) in [6.07, 6.45) is 1.57. The van der Waals surface area contributed by atoms with E-state index in [4.69, 9.17) is 14.2 Å². The van der Waals surface area contributed by atoms with Gasteiger partial charge in [0.1, 0.15) is 25.4 Å². The summed E-state index contributed by atoms with van der Waals surface area (Å²) in [5.41, 5.74) is -0.0310. The number of benzene rings is 1. The minimum absolute atomic E-state index is 0.0781. The highest BCUT2D eigenvalue weighted by atomic mass is 16.6. The van der Waals surface area contributed by atoms with Gasteiger partial charge in [0.15, 0.2) is 11.5 Å². The molecule has 1 aliphatic rings. The number of carbonyl (C=O) groups excluding carboxylic acids is 1. The predicted molar refractivity (Wildman–Crippen MR) is 77.4 cm³/mol. The summed E-state index contributed by atoms with van der Waals surface area (Å²) in [7, 11) is 0. The van der Waals surface area contributed by atoms with Gasteiger partial charge in [0, 0.05) is 12.3 Å². The normalized spacial score (nSPS) is 12.5. The van der Waals surface area contributed by atoms with Crippen LogP contribution in [0.1, 0.15) is 16.1 Å². The van der Waals surface area contributed by atoms with Crippen LogP contribution in [-0.4, -0.2) is 29.1 Å². The van der Waals surface area contributed by atoms with Gasteiger partial charge in [-0.3, -0.25) is 15.1 Å². The topological polar surface area (TPSA) is 101 Å². The van der Waals surface area contributed by atoms with Crippen LogP contribution in [0.15, 0.2) is 36.5 Å². The van der Waals surface area contributed by atoms with Crippen LogP contribution in [0.25, 0.3) is 0 Å². The number of carbonyl (C=O) groups is 1. The number of pyridine rings is 1. The molecule has 0 saturated heterocycles. The van der Waals surface area contributed by atoms with Gasteiger partial charge in [-0.1, -0.05) is 6.07 Å². The Morgan fingerprint density at radius 1 is 1.26 bits per heavy atom. The van der Waals surface area contributed by atoms with E-state index in [-0.39, 0.29) is 29.4 Å². The van der Waals surface area contributed by atoms with Gasteiger partial charge in [0.2, 0.25) is 0 Å². The van der Waals surface area contributed by atoms with Gasteiger partial charge in [-0.25, -0.2) is 4.79 Å². The molecule has 0 N–H and O–H groups in total. The minimum atomic E-state index is -0.820. The van der Waals surface area contributed by atoms with Crippen LogP contribution >= 0.6 is 0 Å². The number of rotatable bonds is 4. The highest BCUT2D eigenvalue weighted by Crippen LogP contribution is 2.36. The summed E-state index contributed by atoms with van der Waals surface area (Å²) in [5.74, 6) is -0.296. The summed E-state index contributed by atoms with van der Waals surface area (Å²) in [6.45, 7) is 0.534. The van der Waals surface area contributed by atoms with E-state index in [2.05, 4.69) is 4.98 Å². The van der Waals surface area contributed by atoms with Crippen LogP contribution in [0.3, 0.4) is 0 Å². The average Bonchev–Trinajstić information content (AvgIpc) is 2.59. The molecule has 1 aromatic carbocycles. The van der Waals surface area contributed by atoms with Gasteiger partial charge < -0.3 is 14.2 Å². The van der Waals surface area contributed by atoms with Crippen molar-refractivity contribution in [2.75, 3.05) is 13.2 Å². The lowest BCUT2D eigenvalue weighted by Crippen LogP contribution is -2.17. The van der Waals surface area contributed by atoms with Crippen molar-refractivity contribution in [3.8, 4) is 11.5 Å². The van der Waals surface area contributed by atoms with E-state index in [1.54, 1.807) is 24.4 Å². The molecule has 118 valence electrons. The SMILES string of the molecule is O=C(OCc1ccccn1)c1cc2c(cc1[N+](=O)[O-])OCCO2. The second-order valence-electron chi connectivity index (χ2n) is 4.67. The van der Waals surface area contributed by atoms with E-state index in [9.17, 15) is 14.9 Å². The summed E-state index contributed by atoms with van der Waals surface area (Å²) < 4.78 is 15.7. The van der Waals surface area contributed by atoms with Crippen molar-refractivity contribution >= 4 is 11.7 Å². The van der Waals surface area contributed by atoms with E-state index in [1.165, 1.54) is 12.1 Å². The minimum Gasteiger partial charge on any atom is -0.486 e. The number of esters is 1. The average molecular weight is 316 g/mol. The highest BCUT2D eigenvalue weighted by Gasteiger charge is 2.27. The molecule has 0 saturated carbocycles. The number of nitrogens with zero attached hydrogens (tertiary/aromatic N) is 2. The van der Waals surface area contributed by atoms with E-state index < -0.39 is 10.9 Å². The lowest BCUT2D eigenvalue weighted by atomic mass is 10.1. The molecule has 0 fully saturated rings. The molecule has 0 spiro atoms. The van der Waals surface area contributed by atoms with E-state index in [0.717, 1.165) is 0 Å². The Balaban J connectivity index is 1.85. The zero-order chi connectivity index (χ0) is 16.2. The fourth-order valence-electron chi connectivity index (χ4n) is 2.09. The summed E-state index contributed by atoms with van der Waals surface area (Å²) in [6, 6.07) is 7.62. The smallest absolute Gasteiger partial charge is 0.345 e. The second-order valence-corrected chi connectivity index (χ2v) is 4.67. The third-order valence-corrected chi connectivity index (χ3v) is 3.15. The fraction of sp³-hybridized carbons (Fsp3) is 0.200. The van der Waals surface area contributed by atoms with Crippen molar-refractivity contribution in [3.05, 3.63) is 57.9 Å². The molecule has 0 radical (unpaired) electrons. The first-order valence-electron chi connectivity index (χ1n) is 6.80. The van der Waals surface area contributed by atoms with Crippen LogP contribution in [-0.2, 0) is 11.3 Å². The first-order chi connectivity index (χ1) is 11.1. The van der Waals surface area contributed by atoms with Gasteiger partial charge in [0.25, 0.3) is 5.69 Å². The van der Waals surface area contributed by atoms with Crippen molar-refractivity contribution in [2.45, 2.75) is 6.61 Å². The van der Waals surface area contributed by atoms with Crippen molar-refractivity contribution in [2.24, 2.45) is 0 Å². The molecule has 0 aliphatic carbocycles. The van der Waals surface area contributed by atoms with Gasteiger partial charge >= 0.3 is 5.97 Å². The van der Waals surface area contributed by atoms with Gasteiger partial charge in [-0.2, -0.15) is 0 Å². The molecule has 0 atom stereocenters. The zero-order valence-corrected chi connectivity index (χ0v) is 11.9. The van der Waals surface area contributed by atoms with Crippen LogP contribution in [0.5, 0.6) is 11.5 Å². The van der Waals surface area contributed by atoms with Crippen LogP contribution in [0, 0.1) is 10.1 Å². The lowest BCUT2D eigenvalue weighted by Gasteiger charge is -2.18. The number of hydrogen-bond acceptors (Lipinski definition) is 7. The van der Waals surface area contributed by atoms with Crippen molar-refractivity contribution in [1.29, 1.82) is 0 Å². The summed E-state index contributed by atoms with van der Waals surface area (Å²) in [5, 5.41) is 11.2. The van der Waals surface area contributed by atoms with Crippen molar-refractivity contribution in [3.63, 3.8) is 0 Å². The highest BCUT2D eigenvalue weighted by molar-refractivity contribution is 5.95. The van der Waals surface area contributed by atoms with Crippen molar-refractivity contribution < 1.29 is 23.9 Å². The Morgan fingerprint density at radius 3 is 2.65 bits per heavy atom. The molecular weight excluding hydrogens is 304 g/mol. The maximum absolute atomic E-state index is 12.2.